The van der Waals surface area contributed by atoms with Gasteiger partial charge in [-0.25, -0.2) is 0 Å². The Labute approximate surface area is 149 Å². The Balaban J connectivity index is 1.69. The zero-order chi connectivity index (χ0) is 16.9. The van der Waals surface area contributed by atoms with E-state index in [1.807, 2.05) is 31.2 Å². The molecule has 24 heavy (non-hydrogen) atoms. The molecule has 1 aromatic heterocycles. The molecule has 0 saturated heterocycles. The molecule has 3 rings (SSSR count). The number of benzene rings is 2. The predicted octanol–water partition coefficient (Wildman–Crippen LogP) is 4.61. The fourth-order valence-electron chi connectivity index (χ4n) is 2.34. The number of aryl methyl sites for hydroxylation is 2. The van der Waals surface area contributed by atoms with Crippen LogP contribution in [0.15, 0.2) is 53.1 Å². The minimum atomic E-state index is 0.467. The zero-order valence-electron chi connectivity index (χ0n) is 13.5. The highest BCUT2D eigenvalue weighted by Crippen LogP contribution is 2.22. The molecule has 0 spiro atoms. The topological polar surface area (TPSA) is 62.7 Å². The fourth-order valence-corrected chi connectivity index (χ4v) is 2.82. The molecule has 0 bridgehead atoms. The van der Waals surface area contributed by atoms with Crippen molar-refractivity contribution in [2.24, 2.45) is 0 Å². The summed E-state index contributed by atoms with van der Waals surface area (Å²) in [5.41, 5.74) is 4.50. The highest BCUT2D eigenvalue weighted by Gasteiger charge is 2.04. The van der Waals surface area contributed by atoms with Gasteiger partial charge in [-0.2, -0.15) is 10.1 Å². The lowest BCUT2D eigenvalue weighted by molar-refractivity contribution is 0.965. The maximum atomic E-state index is 4.46. The van der Waals surface area contributed by atoms with E-state index in [-0.39, 0.29) is 0 Å². The molecule has 0 aliphatic rings. The van der Waals surface area contributed by atoms with E-state index in [2.05, 4.69) is 66.9 Å². The molecule has 0 fully saturated rings. The summed E-state index contributed by atoms with van der Waals surface area (Å²) in [6.45, 7) is 4.80. The largest absolute Gasteiger partial charge is 0.365 e. The molecule has 0 saturated carbocycles. The number of halogens is 1. The van der Waals surface area contributed by atoms with Crippen molar-refractivity contribution in [2.45, 2.75) is 20.4 Å². The van der Waals surface area contributed by atoms with Gasteiger partial charge in [0, 0.05) is 16.7 Å². The van der Waals surface area contributed by atoms with Crippen molar-refractivity contribution in [3.63, 3.8) is 0 Å². The number of nitrogens with zero attached hydrogens (tertiary/aromatic N) is 3. The summed E-state index contributed by atoms with van der Waals surface area (Å²) in [4.78, 5) is 4.46. The Morgan fingerprint density at radius 2 is 1.96 bits per heavy atom. The number of hydrogen-bond acceptors (Lipinski definition) is 5. The number of rotatable bonds is 5. The molecule has 1 heterocycles. The first-order valence-corrected chi connectivity index (χ1v) is 8.42. The average Bonchev–Trinajstić information content (AvgIpc) is 2.56. The van der Waals surface area contributed by atoms with E-state index in [1.165, 1.54) is 11.1 Å². The first kappa shape index (κ1) is 16.4. The number of anilines is 3. The van der Waals surface area contributed by atoms with Crippen molar-refractivity contribution in [3.05, 3.63) is 69.8 Å². The van der Waals surface area contributed by atoms with E-state index in [0.29, 0.717) is 18.3 Å². The Kier molecular flexibility index (Phi) is 5.05. The van der Waals surface area contributed by atoms with Crippen LogP contribution < -0.4 is 10.6 Å². The van der Waals surface area contributed by atoms with E-state index in [0.717, 1.165) is 15.7 Å². The van der Waals surface area contributed by atoms with E-state index in [1.54, 1.807) is 6.20 Å². The normalized spacial score (nSPS) is 10.5. The molecule has 122 valence electrons. The summed E-state index contributed by atoms with van der Waals surface area (Å²) in [6.07, 6.45) is 1.62. The maximum absolute atomic E-state index is 4.46. The van der Waals surface area contributed by atoms with Crippen molar-refractivity contribution in [3.8, 4) is 0 Å². The highest BCUT2D eigenvalue weighted by atomic mass is 79.9. The molecule has 0 aliphatic carbocycles. The van der Waals surface area contributed by atoms with Crippen LogP contribution in [0.3, 0.4) is 0 Å². The Bertz CT molecular complexity index is 850. The van der Waals surface area contributed by atoms with Crippen LogP contribution in [0, 0.1) is 13.8 Å². The molecule has 2 N–H and O–H groups in total. The van der Waals surface area contributed by atoms with E-state index in [4.69, 9.17) is 0 Å². The van der Waals surface area contributed by atoms with Crippen molar-refractivity contribution >= 4 is 33.4 Å². The molecule has 0 atom stereocenters. The van der Waals surface area contributed by atoms with Crippen LogP contribution in [0.4, 0.5) is 17.5 Å². The van der Waals surface area contributed by atoms with Crippen LogP contribution in [-0.4, -0.2) is 15.2 Å². The third kappa shape index (κ3) is 4.29. The van der Waals surface area contributed by atoms with Gasteiger partial charge in [0.25, 0.3) is 0 Å². The molecule has 0 radical (unpaired) electrons. The van der Waals surface area contributed by atoms with Crippen LogP contribution >= 0.6 is 15.9 Å². The van der Waals surface area contributed by atoms with Gasteiger partial charge in [0.2, 0.25) is 5.95 Å². The summed E-state index contributed by atoms with van der Waals surface area (Å²) in [5, 5.41) is 14.5. The molecule has 0 amide bonds. The SMILES string of the molecule is Cc1cccc(CNc2cnnc(Nc3ccc(Br)cc3C)n2)c1. The molecule has 5 nitrogen and oxygen atoms in total. The second-order valence-electron chi connectivity index (χ2n) is 5.59. The lowest BCUT2D eigenvalue weighted by atomic mass is 10.1. The van der Waals surface area contributed by atoms with E-state index < -0.39 is 0 Å². The first-order valence-electron chi connectivity index (χ1n) is 7.62. The molecule has 3 aromatic rings. The van der Waals surface area contributed by atoms with Crippen LogP contribution in [0.1, 0.15) is 16.7 Å². The smallest absolute Gasteiger partial charge is 0.249 e. The Hall–Kier alpha value is -2.47. The van der Waals surface area contributed by atoms with Crippen molar-refractivity contribution < 1.29 is 0 Å². The molecule has 6 heteroatoms. The second kappa shape index (κ2) is 7.40. The number of hydrogen-bond donors (Lipinski definition) is 2. The Morgan fingerprint density at radius 3 is 2.75 bits per heavy atom. The lowest BCUT2D eigenvalue weighted by Gasteiger charge is -2.10. The third-order valence-corrected chi connectivity index (χ3v) is 4.04. The quantitative estimate of drug-likeness (QED) is 0.673. The molecule has 0 aliphatic heterocycles. The van der Waals surface area contributed by atoms with Gasteiger partial charge in [0.05, 0.1) is 6.20 Å². The second-order valence-corrected chi connectivity index (χ2v) is 6.51. The van der Waals surface area contributed by atoms with Gasteiger partial charge in [-0.3, -0.25) is 0 Å². The minimum Gasteiger partial charge on any atom is -0.365 e. The van der Waals surface area contributed by atoms with E-state index >= 15 is 0 Å². The van der Waals surface area contributed by atoms with Gasteiger partial charge in [-0.05, 0) is 43.2 Å². The van der Waals surface area contributed by atoms with Gasteiger partial charge >= 0.3 is 0 Å². The number of nitrogens with one attached hydrogen (secondary N) is 2. The van der Waals surface area contributed by atoms with Crippen LogP contribution in [-0.2, 0) is 6.54 Å². The van der Waals surface area contributed by atoms with Crippen LogP contribution in [0.25, 0.3) is 0 Å². The summed E-state index contributed by atoms with van der Waals surface area (Å²) in [6, 6.07) is 14.4. The van der Waals surface area contributed by atoms with Gasteiger partial charge in [0.1, 0.15) is 0 Å². The molecular weight excluding hydrogens is 366 g/mol. The van der Waals surface area contributed by atoms with Gasteiger partial charge < -0.3 is 10.6 Å². The highest BCUT2D eigenvalue weighted by molar-refractivity contribution is 9.10. The molecule has 2 aromatic carbocycles. The van der Waals surface area contributed by atoms with Gasteiger partial charge in [0.15, 0.2) is 5.82 Å². The summed E-state index contributed by atoms with van der Waals surface area (Å²) < 4.78 is 1.04. The predicted molar refractivity (Wildman–Crippen MR) is 100 cm³/mol. The lowest BCUT2D eigenvalue weighted by Crippen LogP contribution is -2.06. The summed E-state index contributed by atoms with van der Waals surface area (Å²) in [7, 11) is 0. The standard InChI is InChI=1S/C18H18BrN5/c1-12-4-3-5-14(8-12)10-20-17-11-21-24-18(23-17)22-16-7-6-15(19)9-13(16)2/h3-9,11H,10H2,1-2H3,(H2,20,22,23,24). The number of aromatic nitrogens is 3. The first-order chi connectivity index (χ1) is 11.6. The third-order valence-electron chi connectivity index (χ3n) is 3.55. The van der Waals surface area contributed by atoms with Gasteiger partial charge in [-0.1, -0.05) is 45.8 Å². The minimum absolute atomic E-state index is 0.467. The Morgan fingerprint density at radius 1 is 1.08 bits per heavy atom. The van der Waals surface area contributed by atoms with Gasteiger partial charge in [-0.15, -0.1) is 5.10 Å². The van der Waals surface area contributed by atoms with Crippen LogP contribution in [0.5, 0.6) is 0 Å². The molecular formula is C18H18BrN5. The monoisotopic (exact) mass is 383 g/mol. The zero-order valence-corrected chi connectivity index (χ0v) is 15.1. The van der Waals surface area contributed by atoms with Crippen LogP contribution in [0.2, 0.25) is 0 Å². The van der Waals surface area contributed by atoms with E-state index in [9.17, 15) is 0 Å². The van der Waals surface area contributed by atoms with Crippen molar-refractivity contribution in [1.82, 2.24) is 15.2 Å². The summed E-state index contributed by atoms with van der Waals surface area (Å²) in [5.74, 6) is 1.15. The van der Waals surface area contributed by atoms with Crippen molar-refractivity contribution in [2.75, 3.05) is 10.6 Å². The molecule has 0 unspecified atom stereocenters. The summed E-state index contributed by atoms with van der Waals surface area (Å²) >= 11 is 3.46. The van der Waals surface area contributed by atoms with Crippen molar-refractivity contribution in [1.29, 1.82) is 0 Å². The maximum Gasteiger partial charge on any atom is 0.249 e. The fraction of sp³-hybridized carbons (Fsp3) is 0.167. The average molecular weight is 384 g/mol.